The van der Waals surface area contributed by atoms with E-state index in [9.17, 15) is 13.5 Å². The van der Waals surface area contributed by atoms with Gasteiger partial charge in [-0.15, -0.1) is 0 Å². The first-order chi connectivity index (χ1) is 9.04. The van der Waals surface area contributed by atoms with E-state index >= 15 is 0 Å². The Kier molecular flexibility index (Phi) is 4.31. The van der Waals surface area contributed by atoms with E-state index in [-0.39, 0.29) is 0 Å². The van der Waals surface area contributed by atoms with Gasteiger partial charge in [0.1, 0.15) is 4.75 Å². The van der Waals surface area contributed by atoms with E-state index in [0.717, 1.165) is 19.3 Å². The van der Waals surface area contributed by atoms with E-state index in [1.165, 1.54) is 0 Å². The van der Waals surface area contributed by atoms with Gasteiger partial charge in [-0.25, -0.2) is 8.42 Å². The molecule has 0 radical (unpaired) electrons. The maximum absolute atomic E-state index is 12.9. The third-order valence-corrected chi connectivity index (χ3v) is 6.93. The molecule has 0 bridgehead atoms. The Bertz CT molecular complexity index is 501. The smallest absolute Gasteiger partial charge is 0.186 e. The van der Waals surface area contributed by atoms with Crippen molar-refractivity contribution in [3.05, 3.63) is 30.3 Å². The monoisotopic (exact) mass is 282 g/mol. The van der Waals surface area contributed by atoms with Crippen molar-refractivity contribution >= 4 is 9.84 Å². The molecule has 3 nitrogen and oxygen atoms in total. The minimum Gasteiger partial charge on any atom is -0.391 e. The minimum atomic E-state index is -3.48. The Hall–Kier alpha value is -0.870. The summed E-state index contributed by atoms with van der Waals surface area (Å²) >= 11 is 0. The highest BCUT2D eigenvalue weighted by Crippen LogP contribution is 2.42. The Morgan fingerprint density at radius 1 is 1.16 bits per heavy atom. The molecule has 0 amide bonds. The molecule has 19 heavy (non-hydrogen) atoms. The Morgan fingerprint density at radius 2 is 1.74 bits per heavy atom. The fourth-order valence-electron chi connectivity index (χ4n) is 3.14. The van der Waals surface area contributed by atoms with Crippen molar-refractivity contribution < 1.29 is 13.5 Å². The van der Waals surface area contributed by atoms with Gasteiger partial charge in [-0.05, 0) is 31.4 Å². The van der Waals surface area contributed by atoms with Gasteiger partial charge in [-0.1, -0.05) is 44.4 Å². The van der Waals surface area contributed by atoms with Gasteiger partial charge < -0.3 is 5.11 Å². The van der Waals surface area contributed by atoms with Gasteiger partial charge >= 0.3 is 0 Å². The SMILES string of the molecule is CCC(O)C1(S(=O)(=O)c2ccccc2)CCCCC1. The summed E-state index contributed by atoms with van der Waals surface area (Å²) in [4.78, 5) is 0.337. The lowest BCUT2D eigenvalue weighted by atomic mass is 9.83. The molecule has 1 aromatic rings. The van der Waals surface area contributed by atoms with Crippen LogP contribution in [0.1, 0.15) is 45.4 Å². The molecule has 0 aliphatic heterocycles. The first kappa shape index (κ1) is 14.5. The van der Waals surface area contributed by atoms with Crippen molar-refractivity contribution in [3.8, 4) is 0 Å². The largest absolute Gasteiger partial charge is 0.391 e. The molecule has 0 spiro atoms. The molecular formula is C15H22O3S. The zero-order valence-electron chi connectivity index (χ0n) is 11.4. The summed E-state index contributed by atoms with van der Waals surface area (Å²) in [7, 11) is -3.48. The number of aliphatic hydroxyl groups is 1. The number of hydrogen-bond donors (Lipinski definition) is 1. The van der Waals surface area contributed by atoms with E-state index in [4.69, 9.17) is 0 Å². The Morgan fingerprint density at radius 3 is 2.26 bits per heavy atom. The second-order valence-corrected chi connectivity index (χ2v) is 7.66. The quantitative estimate of drug-likeness (QED) is 0.923. The number of aliphatic hydroxyl groups excluding tert-OH is 1. The predicted octanol–water partition coefficient (Wildman–Crippen LogP) is 2.93. The van der Waals surface area contributed by atoms with E-state index in [2.05, 4.69) is 0 Å². The van der Waals surface area contributed by atoms with Gasteiger partial charge in [0.25, 0.3) is 0 Å². The van der Waals surface area contributed by atoms with Crippen molar-refractivity contribution in [3.63, 3.8) is 0 Å². The third kappa shape index (κ3) is 2.43. The zero-order valence-corrected chi connectivity index (χ0v) is 12.2. The van der Waals surface area contributed by atoms with Crippen molar-refractivity contribution in [1.29, 1.82) is 0 Å². The van der Waals surface area contributed by atoms with Crippen molar-refractivity contribution in [2.45, 2.75) is 61.2 Å². The summed E-state index contributed by atoms with van der Waals surface area (Å²) < 4.78 is 24.9. The molecule has 0 aromatic heterocycles. The molecule has 1 atom stereocenters. The molecule has 1 aromatic carbocycles. The lowest BCUT2D eigenvalue weighted by Crippen LogP contribution is -2.50. The van der Waals surface area contributed by atoms with Crippen LogP contribution in [0.2, 0.25) is 0 Å². The summed E-state index contributed by atoms with van der Waals surface area (Å²) in [6.45, 7) is 1.85. The van der Waals surface area contributed by atoms with Crippen LogP contribution in [0.5, 0.6) is 0 Å². The molecule has 1 N–H and O–H groups in total. The van der Waals surface area contributed by atoms with Crippen LogP contribution in [-0.4, -0.2) is 24.4 Å². The molecule has 2 rings (SSSR count). The second kappa shape index (κ2) is 5.63. The fourth-order valence-corrected chi connectivity index (χ4v) is 5.47. The predicted molar refractivity (Wildman–Crippen MR) is 75.7 cm³/mol. The average Bonchev–Trinajstić information content (AvgIpc) is 2.47. The fraction of sp³-hybridized carbons (Fsp3) is 0.600. The van der Waals surface area contributed by atoms with E-state index < -0.39 is 20.7 Å². The Balaban J connectivity index is 2.49. The number of rotatable bonds is 4. The van der Waals surface area contributed by atoms with Crippen LogP contribution in [0, 0.1) is 0 Å². The third-order valence-electron chi connectivity index (χ3n) is 4.28. The molecule has 1 aliphatic rings. The first-order valence-corrected chi connectivity index (χ1v) is 8.50. The molecule has 1 unspecified atom stereocenters. The average molecular weight is 282 g/mol. The molecule has 4 heteroatoms. The maximum Gasteiger partial charge on any atom is 0.186 e. The van der Waals surface area contributed by atoms with Gasteiger partial charge in [-0.2, -0.15) is 0 Å². The van der Waals surface area contributed by atoms with Gasteiger partial charge in [0.15, 0.2) is 9.84 Å². The summed E-state index contributed by atoms with van der Waals surface area (Å²) in [5.74, 6) is 0. The molecule has 106 valence electrons. The van der Waals surface area contributed by atoms with Gasteiger partial charge in [0.05, 0.1) is 11.0 Å². The molecule has 0 saturated heterocycles. The van der Waals surface area contributed by atoms with Crippen LogP contribution in [-0.2, 0) is 9.84 Å². The van der Waals surface area contributed by atoms with E-state index in [1.807, 2.05) is 13.0 Å². The highest BCUT2D eigenvalue weighted by atomic mass is 32.2. The summed E-state index contributed by atoms with van der Waals surface area (Å²) in [6, 6.07) is 8.55. The van der Waals surface area contributed by atoms with Gasteiger partial charge in [0, 0.05) is 0 Å². The minimum absolute atomic E-state index is 0.337. The van der Waals surface area contributed by atoms with Crippen molar-refractivity contribution in [2.24, 2.45) is 0 Å². The van der Waals surface area contributed by atoms with Crippen LogP contribution in [0.15, 0.2) is 35.2 Å². The number of benzene rings is 1. The molecular weight excluding hydrogens is 260 g/mol. The number of sulfone groups is 1. The standard InChI is InChI=1S/C15H22O3S/c1-2-14(16)15(11-7-4-8-12-15)19(17,18)13-9-5-3-6-10-13/h3,5-6,9-10,14,16H,2,4,7-8,11-12H2,1H3. The zero-order chi connectivity index (χ0) is 13.9. The Labute approximate surface area is 115 Å². The number of hydrogen-bond acceptors (Lipinski definition) is 3. The van der Waals surface area contributed by atoms with E-state index in [1.54, 1.807) is 24.3 Å². The molecule has 1 aliphatic carbocycles. The highest BCUT2D eigenvalue weighted by Gasteiger charge is 2.49. The maximum atomic E-state index is 12.9. The van der Waals surface area contributed by atoms with Crippen LogP contribution in [0.25, 0.3) is 0 Å². The lowest BCUT2D eigenvalue weighted by molar-refractivity contribution is 0.0972. The van der Waals surface area contributed by atoms with E-state index in [0.29, 0.717) is 24.2 Å². The summed E-state index contributed by atoms with van der Waals surface area (Å²) in [5.41, 5.74) is 0. The normalized spacial score (nSPS) is 20.9. The highest BCUT2D eigenvalue weighted by molar-refractivity contribution is 7.93. The topological polar surface area (TPSA) is 54.4 Å². The van der Waals surface area contributed by atoms with Crippen LogP contribution < -0.4 is 0 Å². The van der Waals surface area contributed by atoms with Crippen LogP contribution >= 0.6 is 0 Å². The van der Waals surface area contributed by atoms with Crippen molar-refractivity contribution in [2.75, 3.05) is 0 Å². The molecule has 0 heterocycles. The van der Waals surface area contributed by atoms with Crippen molar-refractivity contribution in [1.82, 2.24) is 0 Å². The van der Waals surface area contributed by atoms with Crippen LogP contribution in [0.3, 0.4) is 0 Å². The molecule has 1 saturated carbocycles. The summed E-state index contributed by atoms with van der Waals surface area (Å²) in [6.07, 6.45) is 3.65. The van der Waals surface area contributed by atoms with Crippen LogP contribution in [0.4, 0.5) is 0 Å². The second-order valence-electron chi connectivity index (χ2n) is 5.37. The van der Waals surface area contributed by atoms with Gasteiger partial charge in [0.2, 0.25) is 0 Å². The summed E-state index contributed by atoms with van der Waals surface area (Å²) in [5, 5.41) is 10.4. The first-order valence-electron chi connectivity index (χ1n) is 7.02. The molecule has 1 fully saturated rings. The van der Waals surface area contributed by atoms with Gasteiger partial charge in [-0.3, -0.25) is 0 Å². The lowest BCUT2D eigenvalue weighted by Gasteiger charge is -2.40.